The fraction of sp³-hybridized carbons (Fsp3) is 0.231. The molecule has 0 unspecified atom stereocenters. The zero-order chi connectivity index (χ0) is 23.4. The molecule has 0 spiro atoms. The third-order valence-corrected chi connectivity index (χ3v) is 5.90. The molecule has 0 bridgehead atoms. The van der Waals surface area contributed by atoms with E-state index in [1.165, 1.54) is 6.07 Å². The number of hydrogen-bond acceptors (Lipinski definition) is 2. The lowest BCUT2D eigenvalue weighted by Gasteiger charge is -2.12. The van der Waals surface area contributed by atoms with E-state index in [2.05, 4.69) is 4.98 Å². The molecule has 1 heterocycles. The van der Waals surface area contributed by atoms with E-state index in [9.17, 15) is 13.2 Å². The summed E-state index contributed by atoms with van der Waals surface area (Å²) in [5.74, 6) is 0.698. The lowest BCUT2D eigenvalue weighted by molar-refractivity contribution is -0.137. The Labute approximate surface area is 195 Å². The Morgan fingerprint density at radius 2 is 1.73 bits per heavy atom. The van der Waals surface area contributed by atoms with Crippen molar-refractivity contribution < 1.29 is 17.9 Å². The number of aromatic amines is 1. The SMILES string of the molecule is NCCCCc1c(-c2ccc(Cl)c(C(F)(F)F)c2)[nH]c2ccc(OCc3ccccc3)cc12. The molecule has 0 fully saturated rings. The largest absolute Gasteiger partial charge is 0.489 e. The van der Waals surface area contributed by atoms with Crippen molar-refractivity contribution in [3.63, 3.8) is 0 Å². The maximum Gasteiger partial charge on any atom is 0.417 e. The molecule has 0 aliphatic rings. The Balaban J connectivity index is 1.73. The van der Waals surface area contributed by atoms with Gasteiger partial charge in [-0.15, -0.1) is 0 Å². The number of nitrogens with one attached hydrogen (secondary N) is 1. The summed E-state index contributed by atoms with van der Waals surface area (Å²) < 4.78 is 46.3. The van der Waals surface area contributed by atoms with Crippen molar-refractivity contribution in [3.05, 3.63) is 88.4 Å². The number of aromatic nitrogens is 1. The van der Waals surface area contributed by atoms with E-state index in [1.807, 2.05) is 48.5 Å². The predicted octanol–water partition coefficient (Wildman–Crippen LogP) is 7.37. The van der Waals surface area contributed by atoms with Gasteiger partial charge in [-0.2, -0.15) is 13.2 Å². The number of hydrogen-bond donors (Lipinski definition) is 2. The van der Waals surface area contributed by atoms with Crippen molar-refractivity contribution in [2.45, 2.75) is 32.0 Å². The molecule has 3 nitrogen and oxygen atoms in total. The van der Waals surface area contributed by atoms with Crippen molar-refractivity contribution in [3.8, 4) is 17.0 Å². The molecule has 33 heavy (non-hydrogen) atoms. The maximum absolute atomic E-state index is 13.5. The average molecular weight is 473 g/mol. The van der Waals surface area contributed by atoms with Crippen LogP contribution in [0, 0.1) is 0 Å². The van der Waals surface area contributed by atoms with Crippen LogP contribution < -0.4 is 10.5 Å². The fourth-order valence-corrected chi connectivity index (χ4v) is 4.13. The van der Waals surface area contributed by atoms with Crippen LogP contribution in [-0.4, -0.2) is 11.5 Å². The molecule has 0 radical (unpaired) electrons. The van der Waals surface area contributed by atoms with Crippen molar-refractivity contribution in [1.29, 1.82) is 0 Å². The number of halogens is 4. The van der Waals surface area contributed by atoms with Crippen molar-refractivity contribution in [2.24, 2.45) is 5.73 Å². The number of aryl methyl sites for hydroxylation is 1. The van der Waals surface area contributed by atoms with Crippen LogP contribution in [0.2, 0.25) is 5.02 Å². The first-order valence-electron chi connectivity index (χ1n) is 10.8. The number of ether oxygens (including phenoxy) is 1. The van der Waals surface area contributed by atoms with Crippen LogP contribution in [-0.2, 0) is 19.2 Å². The van der Waals surface area contributed by atoms with Gasteiger partial charge >= 0.3 is 6.18 Å². The van der Waals surface area contributed by atoms with Crippen LogP contribution in [0.5, 0.6) is 5.75 Å². The number of rotatable bonds is 8. The van der Waals surface area contributed by atoms with Gasteiger partial charge in [-0.1, -0.05) is 48.0 Å². The first-order chi connectivity index (χ1) is 15.9. The van der Waals surface area contributed by atoms with Gasteiger partial charge in [0.05, 0.1) is 10.6 Å². The van der Waals surface area contributed by atoms with E-state index >= 15 is 0 Å². The first-order valence-corrected chi connectivity index (χ1v) is 11.1. The van der Waals surface area contributed by atoms with E-state index in [0.717, 1.165) is 40.9 Å². The predicted molar refractivity (Wildman–Crippen MR) is 127 cm³/mol. The molecule has 7 heteroatoms. The summed E-state index contributed by atoms with van der Waals surface area (Å²) in [6.45, 7) is 0.987. The maximum atomic E-state index is 13.5. The second-order valence-electron chi connectivity index (χ2n) is 7.90. The van der Waals surface area contributed by atoms with Gasteiger partial charge < -0.3 is 15.5 Å². The van der Waals surface area contributed by atoms with Gasteiger partial charge in [0.25, 0.3) is 0 Å². The van der Waals surface area contributed by atoms with Gasteiger partial charge in [0.1, 0.15) is 12.4 Å². The second-order valence-corrected chi connectivity index (χ2v) is 8.31. The number of H-pyrrole nitrogens is 1. The van der Waals surface area contributed by atoms with Crippen molar-refractivity contribution in [2.75, 3.05) is 6.54 Å². The Hall–Kier alpha value is -2.96. The average Bonchev–Trinajstić information content (AvgIpc) is 3.16. The summed E-state index contributed by atoms with van der Waals surface area (Å²) in [6.07, 6.45) is -2.20. The molecule has 0 amide bonds. The summed E-state index contributed by atoms with van der Waals surface area (Å²) in [7, 11) is 0. The van der Waals surface area contributed by atoms with E-state index in [-0.39, 0.29) is 5.02 Å². The quantitative estimate of drug-likeness (QED) is 0.263. The molecular formula is C26H24ClF3N2O. The Morgan fingerprint density at radius 1 is 0.939 bits per heavy atom. The minimum atomic E-state index is -4.53. The fourth-order valence-electron chi connectivity index (χ4n) is 3.91. The van der Waals surface area contributed by atoms with E-state index in [4.69, 9.17) is 22.1 Å². The summed E-state index contributed by atoms with van der Waals surface area (Å²) in [5.41, 5.74) is 8.75. The first kappa shape index (κ1) is 23.2. The monoisotopic (exact) mass is 472 g/mol. The molecule has 4 aromatic rings. The third kappa shape index (κ3) is 5.34. The molecule has 3 aromatic carbocycles. The van der Waals surface area contributed by atoms with Crippen LogP contribution in [0.3, 0.4) is 0 Å². The van der Waals surface area contributed by atoms with Gasteiger partial charge in [-0.3, -0.25) is 0 Å². The Morgan fingerprint density at radius 3 is 2.45 bits per heavy atom. The standard InChI is InChI=1S/C26H24ClF3N2O/c27-23-11-9-18(14-22(23)26(28,29)30)25-20(8-4-5-13-31)21-15-19(10-12-24(21)32-25)33-16-17-6-2-1-3-7-17/h1-3,6-7,9-12,14-15,32H,4-5,8,13,16,31H2. The number of nitrogens with two attached hydrogens (primary N) is 1. The smallest absolute Gasteiger partial charge is 0.417 e. The van der Waals surface area contributed by atoms with E-state index in [0.29, 0.717) is 36.6 Å². The van der Waals surface area contributed by atoms with Crippen LogP contribution >= 0.6 is 11.6 Å². The summed E-state index contributed by atoms with van der Waals surface area (Å²) in [5, 5.41) is 0.611. The number of benzene rings is 3. The summed E-state index contributed by atoms with van der Waals surface area (Å²) in [4.78, 5) is 3.31. The Bertz CT molecular complexity index is 1240. The minimum absolute atomic E-state index is 0.316. The van der Waals surface area contributed by atoms with Crippen LogP contribution in [0.15, 0.2) is 66.7 Å². The topological polar surface area (TPSA) is 51.0 Å². The zero-order valence-electron chi connectivity index (χ0n) is 17.9. The molecule has 0 atom stereocenters. The highest BCUT2D eigenvalue weighted by atomic mass is 35.5. The van der Waals surface area contributed by atoms with Crippen molar-refractivity contribution in [1.82, 2.24) is 4.98 Å². The molecule has 3 N–H and O–H groups in total. The van der Waals surface area contributed by atoms with Crippen LogP contribution in [0.1, 0.15) is 29.5 Å². The highest BCUT2D eigenvalue weighted by Gasteiger charge is 2.33. The normalized spacial score (nSPS) is 11.8. The Kier molecular flexibility index (Phi) is 6.96. The summed E-state index contributed by atoms with van der Waals surface area (Å²) in [6, 6.07) is 19.5. The van der Waals surface area contributed by atoms with E-state index in [1.54, 1.807) is 6.07 Å². The molecule has 172 valence electrons. The van der Waals surface area contributed by atoms with E-state index < -0.39 is 11.7 Å². The highest BCUT2D eigenvalue weighted by molar-refractivity contribution is 6.31. The second kappa shape index (κ2) is 9.89. The number of fused-ring (bicyclic) bond motifs is 1. The molecule has 0 saturated carbocycles. The molecule has 1 aromatic heterocycles. The molecule has 0 aliphatic carbocycles. The lowest BCUT2D eigenvalue weighted by atomic mass is 9.99. The summed E-state index contributed by atoms with van der Waals surface area (Å²) >= 11 is 5.83. The molecule has 4 rings (SSSR count). The van der Waals surface area contributed by atoms with Gasteiger partial charge in [-0.25, -0.2) is 0 Å². The highest BCUT2D eigenvalue weighted by Crippen LogP contribution is 2.39. The number of unbranched alkanes of at least 4 members (excludes halogenated alkanes) is 1. The zero-order valence-corrected chi connectivity index (χ0v) is 18.6. The molecular weight excluding hydrogens is 449 g/mol. The lowest BCUT2D eigenvalue weighted by Crippen LogP contribution is -2.06. The van der Waals surface area contributed by atoms with Gasteiger partial charge in [0, 0.05) is 16.6 Å². The minimum Gasteiger partial charge on any atom is -0.489 e. The number of alkyl halides is 3. The van der Waals surface area contributed by atoms with Crippen molar-refractivity contribution >= 4 is 22.5 Å². The van der Waals surface area contributed by atoms with Crippen LogP contribution in [0.25, 0.3) is 22.2 Å². The van der Waals surface area contributed by atoms with Crippen LogP contribution in [0.4, 0.5) is 13.2 Å². The molecule has 0 aliphatic heterocycles. The third-order valence-electron chi connectivity index (χ3n) is 5.57. The van der Waals surface area contributed by atoms with Gasteiger partial charge in [-0.05, 0) is 72.8 Å². The molecule has 0 saturated heterocycles. The van der Waals surface area contributed by atoms with Gasteiger partial charge in [0.15, 0.2) is 0 Å². The van der Waals surface area contributed by atoms with Gasteiger partial charge in [0.2, 0.25) is 0 Å².